The van der Waals surface area contributed by atoms with E-state index in [1.54, 1.807) is 13.8 Å². The smallest absolute Gasteiger partial charge is 0.417 e. The van der Waals surface area contributed by atoms with E-state index >= 15 is 0 Å². The fourth-order valence-corrected chi connectivity index (χ4v) is 0.380. The zero-order valence-corrected chi connectivity index (χ0v) is 9.98. The van der Waals surface area contributed by atoms with E-state index in [2.05, 4.69) is 15.2 Å². The fourth-order valence-electron chi connectivity index (χ4n) is 0.380. The van der Waals surface area contributed by atoms with E-state index in [4.69, 9.17) is 9.79 Å². The van der Waals surface area contributed by atoms with Gasteiger partial charge in [0.2, 0.25) is 0 Å². The molecule has 9 heteroatoms. The van der Waals surface area contributed by atoms with Crippen molar-refractivity contribution < 1.29 is 33.4 Å². The molecule has 0 aliphatic carbocycles. The van der Waals surface area contributed by atoms with E-state index in [0.717, 1.165) is 0 Å². The number of hydrogen-bond donors (Lipinski definition) is 3. The molecule has 0 saturated carbocycles. The first-order valence-electron chi connectivity index (χ1n) is 4.37. The summed E-state index contributed by atoms with van der Waals surface area (Å²) < 4.78 is 18.3. The fraction of sp³-hybridized carbons (Fsp3) is 0.714. The van der Waals surface area contributed by atoms with Gasteiger partial charge in [-0.25, -0.2) is 9.59 Å². The summed E-state index contributed by atoms with van der Waals surface area (Å²) in [4.78, 5) is 36.5. The SMILES string of the molecule is CCOC(=O)C(=O)OCC.NCP(=O)(O)O. The van der Waals surface area contributed by atoms with Crippen LogP contribution in [0.25, 0.3) is 0 Å². The highest BCUT2D eigenvalue weighted by Crippen LogP contribution is 2.30. The van der Waals surface area contributed by atoms with Crippen LogP contribution in [0.5, 0.6) is 0 Å². The minimum absolute atomic E-state index is 0.192. The van der Waals surface area contributed by atoms with Gasteiger partial charge in [-0.05, 0) is 13.8 Å². The molecule has 0 aromatic carbocycles. The Hall–Kier alpha value is -0.950. The number of rotatable bonds is 3. The lowest BCUT2D eigenvalue weighted by atomic mass is 10.7. The van der Waals surface area contributed by atoms with Crippen LogP contribution in [0.1, 0.15) is 13.8 Å². The van der Waals surface area contributed by atoms with Crippen molar-refractivity contribution in [3.05, 3.63) is 0 Å². The van der Waals surface area contributed by atoms with Gasteiger partial charge in [0.05, 0.1) is 19.5 Å². The minimum atomic E-state index is -3.87. The average molecular weight is 257 g/mol. The van der Waals surface area contributed by atoms with E-state index in [1.165, 1.54) is 0 Å². The minimum Gasteiger partial charge on any atom is -0.458 e. The molecule has 0 fully saturated rings. The molecule has 0 rings (SSSR count). The van der Waals surface area contributed by atoms with Crippen LogP contribution in [-0.4, -0.2) is 41.2 Å². The predicted molar refractivity (Wildman–Crippen MR) is 54.4 cm³/mol. The molecule has 0 unspecified atom stereocenters. The van der Waals surface area contributed by atoms with Crippen molar-refractivity contribution in [2.45, 2.75) is 13.8 Å². The summed E-state index contributed by atoms with van der Waals surface area (Å²) in [7, 11) is -3.87. The first-order valence-corrected chi connectivity index (χ1v) is 6.16. The van der Waals surface area contributed by atoms with Gasteiger partial charge >= 0.3 is 19.5 Å². The summed E-state index contributed by atoms with van der Waals surface area (Å²) >= 11 is 0. The van der Waals surface area contributed by atoms with Crippen molar-refractivity contribution in [1.82, 2.24) is 0 Å². The lowest BCUT2D eigenvalue weighted by Gasteiger charge is -1.99. The molecule has 0 aliphatic rings. The van der Waals surface area contributed by atoms with Crippen molar-refractivity contribution >= 4 is 19.5 Å². The molecule has 0 radical (unpaired) electrons. The molecule has 0 bridgehead atoms. The molecule has 0 aliphatic heterocycles. The van der Waals surface area contributed by atoms with Crippen LogP contribution in [0, 0.1) is 0 Å². The summed E-state index contributed by atoms with van der Waals surface area (Å²) in [6.45, 7) is 3.63. The number of hydrogen-bond acceptors (Lipinski definition) is 6. The Morgan fingerprint density at radius 1 is 1.12 bits per heavy atom. The molecule has 96 valence electrons. The van der Waals surface area contributed by atoms with Gasteiger partial charge in [0.15, 0.2) is 0 Å². The van der Waals surface area contributed by atoms with E-state index in [9.17, 15) is 14.2 Å². The number of nitrogens with two attached hydrogens (primary N) is 1. The molecule has 0 spiro atoms. The first kappa shape index (κ1) is 17.4. The van der Waals surface area contributed by atoms with E-state index < -0.39 is 25.8 Å². The molecule has 16 heavy (non-hydrogen) atoms. The molecular weight excluding hydrogens is 241 g/mol. The maximum Gasteiger partial charge on any atom is 0.417 e. The molecule has 4 N–H and O–H groups in total. The van der Waals surface area contributed by atoms with Crippen molar-refractivity contribution in [2.24, 2.45) is 5.73 Å². The second-order valence-electron chi connectivity index (χ2n) is 2.29. The Bertz CT molecular complexity index is 245. The van der Waals surface area contributed by atoms with Crippen LogP contribution in [0.3, 0.4) is 0 Å². The van der Waals surface area contributed by atoms with Crippen molar-refractivity contribution in [1.29, 1.82) is 0 Å². The third kappa shape index (κ3) is 13.1. The molecule has 0 atom stereocenters. The third-order valence-electron chi connectivity index (χ3n) is 0.955. The Morgan fingerprint density at radius 3 is 1.50 bits per heavy atom. The number of esters is 2. The van der Waals surface area contributed by atoms with Gasteiger partial charge in [0, 0.05) is 0 Å². The molecular formula is C7H16NO7P. The Kier molecular flexibility index (Phi) is 10.1. The van der Waals surface area contributed by atoms with Crippen LogP contribution in [0.2, 0.25) is 0 Å². The molecule has 0 saturated heterocycles. The van der Waals surface area contributed by atoms with Gasteiger partial charge in [-0.15, -0.1) is 0 Å². The van der Waals surface area contributed by atoms with Crippen LogP contribution < -0.4 is 5.73 Å². The van der Waals surface area contributed by atoms with Gasteiger partial charge in [0.25, 0.3) is 0 Å². The van der Waals surface area contributed by atoms with Crippen LogP contribution in [-0.2, 0) is 23.6 Å². The monoisotopic (exact) mass is 257 g/mol. The third-order valence-corrected chi connectivity index (χ3v) is 1.43. The lowest BCUT2D eigenvalue weighted by Crippen LogP contribution is -2.19. The second-order valence-corrected chi connectivity index (χ2v) is 3.98. The predicted octanol–water partition coefficient (Wildman–Crippen LogP) is -0.807. The highest BCUT2D eigenvalue weighted by atomic mass is 31.2. The Balaban J connectivity index is 0. The highest BCUT2D eigenvalue weighted by Gasteiger charge is 2.14. The van der Waals surface area contributed by atoms with E-state index in [0.29, 0.717) is 0 Å². The first-order chi connectivity index (χ1) is 7.28. The summed E-state index contributed by atoms with van der Waals surface area (Å²) in [6.07, 6.45) is -0.562. The number of carbonyl (C=O) groups excluding carboxylic acids is 2. The summed E-state index contributed by atoms with van der Waals surface area (Å²) in [5, 5.41) is 0. The van der Waals surface area contributed by atoms with Crippen molar-refractivity contribution in [3.63, 3.8) is 0 Å². The standard InChI is InChI=1S/C6H10O4.CH6NO3P/c1-3-9-5(7)6(8)10-4-2;2-1-6(3,4)5/h3-4H2,1-2H3;1-2H2,(H2,3,4,5). The van der Waals surface area contributed by atoms with Crippen LogP contribution >= 0.6 is 7.60 Å². The maximum absolute atomic E-state index is 10.4. The topological polar surface area (TPSA) is 136 Å². The molecule has 0 amide bonds. The van der Waals surface area contributed by atoms with Gasteiger partial charge in [-0.2, -0.15) is 0 Å². The van der Waals surface area contributed by atoms with E-state index in [-0.39, 0.29) is 13.2 Å². The van der Waals surface area contributed by atoms with Gasteiger partial charge in [-0.1, -0.05) is 0 Å². The molecule has 0 aromatic rings. The highest BCUT2D eigenvalue weighted by molar-refractivity contribution is 7.51. The summed E-state index contributed by atoms with van der Waals surface area (Å²) in [5.74, 6) is -1.85. The Morgan fingerprint density at radius 2 is 1.38 bits per heavy atom. The Labute approximate surface area is 92.9 Å². The van der Waals surface area contributed by atoms with Crippen LogP contribution in [0.4, 0.5) is 0 Å². The van der Waals surface area contributed by atoms with Crippen molar-refractivity contribution in [3.8, 4) is 0 Å². The largest absolute Gasteiger partial charge is 0.458 e. The van der Waals surface area contributed by atoms with Crippen LogP contribution in [0.15, 0.2) is 0 Å². The lowest BCUT2D eigenvalue weighted by molar-refractivity contribution is -0.167. The number of carbonyl (C=O) groups is 2. The quantitative estimate of drug-likeness (QED) is 0.339. The molecule has 0 aromatic heterocycles. The summed E-state index contributed by atoms with van der Waals surface area (Å²) in [6, 6.07) is 0. The maximum atomic E-state index is 10.4. The average Bonchev–Trinajstić information content (AvgIpc) is 2.18. The van der Waals surface area contributed by atoms with Crippen molar-refractivity contribution in [2.75, 3.05) is 19.5 Å². The van der Waals surface area contributed by atoms with Gasteiger partial charge in [0.1, 0.15) is 0 Å². The molecule has 8 nitrogen and oxygen atoms in total. The second kappa shape index (κ2) is 9.29. The summed E-state index contributed by atoms with van der Waals surface area (Å²) in [5.41, 5.74) is 4.54. The number of ether oxygens (including phenoxy) is 2. The zero-order chi connectivity index (χ0) is 13.2. The van der Waals surface area contributed by atoms with Gasteiger partial charge in [-0.3, -0.25) is 4.57 Å². The molecule has 0 heterocycles. The van der Waals surface area contributed by atoms with E-state index in [1.807, 2.05) is 0 Å². The normalized spacial score (nSPS) is 9.81. The van der Waals surface area contributed by atoms with Gasteiger partial charge < -0.3 is 25.0 Å². The zero-order valence-electron chi connectivity index (χ0n) is 9.08.